The maximum atomic E-state index is 12.9. The van der Waals surface area contributed by atoms with Gasteiger partial charge in [-0.15, -0.1) is 0 Å². The van der Waals surface area contributed by atoms with Crippen molar-refractivity contribution in [3.63, 3.8) is 0 Å². The van der Waals surface area contributed by atoms with Crippen LogP contribution >= 0.6 is 23.2 Å². The van der Waals surface area contributed by atoms with E-state index in [1.54, 1.807) is 6.07 Å². The molecule has 0 N–H and O–H groups in total. The van der Waals surface area contributed by atoms with E-state index >= 15 is 0 Å². The first-order valence-electron chi connectivity index (χ1n) is 4.26. The van der Waals surface area contributed by atoms with Crippen LogP contribution in [0, 0.1) is 5.82 Å². The minimum absolute atomic E-state index is 0.0100. The summed E-state index contributed by atoms with van der Waals surface area (Å²) in [6.45, 7) is 0. The zero-order valence-corrected chi connectivity index (χ0v) is 9.34. The highest BCUT2D eigenvalue weighted by atomic mass is 35.5. The lowest BCUT2D eigenvalue weighted by Crippen LogP contribution is -1.91. The highest BCUT2D eigenvalue weighted by molar-refractivity contribution is 6.32. The van der Waals surface area contributed by atoms with Gasteiger partial charge in [0.15, 0.2) is 0 Å². The molecule has 0 aliphatic heterocycles. The van der Waals surface area contributed by atoms with Crippen molar-refractivity contribution in [2.45, 2.75) is 0 Å². The lowest BCUT2D eigenvalue weighted by Gasteiger charge is -2.05. The zero-order valence-electron chi connectivity index (χ0n) is 7.82. The van der Waals surface area contributed by atoms with E-state index in [0.29, 0.717) is 0 Å². The van der Waals surface area contributed by atoms with Gasteiger partial charge in [-0.05, 0) is 23.7 Å². The third kappa shape index (κ3) is 2.59. The summed E-state index contributed by atoms with van der Waals surface area (Å²) in [6.07, 6.45) is 1.31. The fraction of sp³-hybridized carbons (Fsp3) is 0. The van der Waals surface area contributed by atoms with E-state index in [1.165, 1.54) is 24.4 Å². The van der Waals surface area contributed by atoms with Gasteiger partial charge in [0, 0.05) is 6.07 Å². The number of hydrogen-bond donors (Lipinski definition) is 0. The van der Waals surface area contributed by atoms with Gasteiger partial charge in [0.05, 0.1) is 6.20 Å². The van der Waals surface area contributed by atoms with Gasteiger partial charge < -0.3 is 4.74 Å². The molecule has 0 amide bonds. The van der Waals surface area contributed by atoms with Crippen LogP contribution in [0.3, 0.4) is 0 Å². The maximum Gasteiger partial charge on any atom is 0.242 e. The minimum atomic E-state index is -0.409. The lowest BCUT2D eigenvalue weighted by atomic mass is 10.3. The van der Waals surface area contributed by atoms with Crippen LogP contribution in [0.4, 0.5) is 4.39 Å². The molecule has 0 aliphatic carbocycles. The molecule has 1 aromatic carbocycles. The van der Waals surface area contributed by atoms with Crippen LogP contribution in [0.15, 0.2) is 30.5 Å². The molecule has 82 valence electrons. The van der Waals surface area contributed by atoms with Gasteiger partial charge in [0.2, 0.25) is 11.2 Å². The van der Waals surface area contributed by atoms with E-state index in [1.807, 2.05) is 0 Å². The number of ether oxygens (including phenoxy) is 1. The molecule has 0 bridgehead atoms. The topological polar surface area (TPSA) is 35.0 Å². The van der Waals surface area contributed by atoms with Crippen LogP contribution in [-0.2, 0) is 0 Å². The van der Waals surface area contributed by atoms with Gasteiger partial charge in [-0.2, -0.15) is 4.98 Å². The lowest BCUT2D eigenvalue weighted by molar-refractivity contribution is 0.457. The minimum Gasteiger partial charge on any atom is -0.437 e. The van der Waals surface area contributed by atoms with Crippen molar-refractivity contribution in [1.82, 2.24) is 9.97 Å². The standard InChI is InChI=1S/C10H5Cl2FN2O/c11-8-5-14-10(12)15-9(8)16-7-3-1-2-6(13)4-7/h1-5H. The Morgan fingerprint density at radius 3 is 2.81 bits per heavy atom. The van der Waals surface area contributed by atoms with Crippen LogP contribution in [0.1, 0.15) is 0 Å². The predicted octanol–water partition coefficient (Wildman–Crippen LogP) is 3.71. The van der Waals surface area contributed by atoms with Gasteiger partial charge in [-0.1, -0.05) is 17.7 Å². The molecule has 2 rings (SSSR count). The predicted molar refractivity (Wildman–Crippen MR) is 58.5 cm³/mol. The Bertz CT molecular complexity index is 522. The van der Waals surface area contributed by atoms with Crippen LogP contribution < -0.4 is 4.74 Å². The molecular formula is C10H5Cl2FN2O. The summed E-state index contributed by atoms with van der Waals surface area (Å²) >= 11 is 11.4. The molecule has 0 saturated heterocycles. The molecule has 2 aromatic rings. The second-order valence-electron chi connectivity index (χ2n) is 2.85. The molecule has 16 heavy (non-hydrogen) atoms. The molecule has 3 nitrogen and oxygen atoms in total. The van der Waals surface area contributed by atoms with E-state index in [2.05, 4.69) is 9.97 Å². The number of aromatic nitrogens is 2. The number of hydrogen-bond acceptors (Lipinski definition) is 3. The molecule has 0 aliphatic rings. The summed E-state index contributed by atoms with van der Waals surface area (Å²) in [7, 11) is 0. The highest BCUT2D eigenvalue weighted by Gasteiger charge is 2.07. The van der Waals surface area contributed by atoms with Gasteiger partial charge in [-0.25, -0.2) is 9.37 Å². The average molecular weight is 259 g/mol. The second kappa shape index (κ2) is 4.63. The number of rotatable bonds is 2. The monoisotopic (exact) mass is 258 g/mol. The molecule has 0 saturated carbocycles. The van der Waals surface area contributed by atoms with E-state index < -0.39 is 5.82 Å². The van der Waals surface area contributed by atoms with E-state index in [-0.39, 0.29) is 21.9 Å². The normalized spacial score (nSPS) is 10.2. The number of nitrogens with zero attached hydrogens (tertiary/aromatic N) is 2. The van der Waals surface area contributed by atoms with Crippen molar-refractivity contribution >= 4 is 23.2 Å². The fourth-order valence-corrected chi connectivity index (χ4v) is 1.30. The Morgan fingerprint density at radius 1 is 1.25 bits per heavy atom. The smallest absolute Gasteiger partial charge is 0.242 e. The molecular weight excluding hydrogens is 254 g/mol. The molecule has 1 heterocycles. The quantitative estimate of drug-likeness (QED) is 0.771. The van der Waals surface area contributed by atoms with Gasteiger partial charge in [0.1, 0.15) is 16.6 Å². The third-order valence-electron chi connectivity index (χ3n) is 1.69. The largest absolute Gasteiger partial charge is 0.437 e. The number of benzene rings is 1. The van der Waals surface area contributed by atoms with Crippen molar-refractivity contribution in [2.75, 3.05) is 0 Å². The fourth-order valence-electron chi connectivity index (χ4n) is 1.04. The van der Waals surface area contributed by atoms with Crippen LogP contribution in [-0.4, -0.2) is 9.97 Å². The average Bonchev–Trinajstić information content (AvgIpc) is 2.24. The van der Waals surface area contributed by atoms with E-state index in [9.17, 15) is 4.39 Å². The first-order chi connectivity index (χ1) is 7.65. The Balaban J connectivity index is 2.30. The molecule has 6 heteroatoms. The van der Waals surface area contributed by atoms with Crippen molar-refractivity contribution in [3.8, 4) is 11.6 Å². The molecule has 1 aromatic heterocycles. The third-order valence-corrected chi connectivity index (χ3v) is 2.13. The van der Waals surface area contributed by atoms with E-state index in [0.717, 1.165) is 0 Å². The van der Waals surface area contributed by atoms with Crippen LogP contribution in [0.5, 0.6) is 11.6 Å². The Labute approximate surface area is 101 Å². The summed E-state index contributed by atoms with van der Waals surface area (Å²) in [6, 6.07) is 5.62. The van der Waals surface area contributed by atoms with Crippen molar-refractivity contribution in [3.05, 3.63) is 46.6 Å². The maximum absolute atomic E-state index is 12.9. The molecule has 0 atom stereocenters. The van der Waals surface area contributed by atoms with Gasteiger partial charge in [-0.3, -0.25) is 0 Å². The Kier molecular flexibility index (Phi) is 3.22. The van der Waals surface area contributed by atoms with Crippen molar-refractivity contribution < 1.29 is 9.13 Å². The number of halogens is 3. The van der Waals surface area contributed by atoms with Crippen LogP contribution in [0.25, 0.3) is 0 Å². The zero-order chi connectivity index (χ0) is 11.5. The second-order valence-corrected chi connectivity index (χ2v) is 3.60. The summed E-state index contributed by atoms with van der Waals surface area (Å²) in [5.74, 6) is -0.0299. The highest BCUT2D eigenvalue weighted by Crippen LogP contribution is 2.27. The molecule has 0 unspecified atom stereocenters. The summed E-state index contributed by atoms with van der Waals surface area (Å²) in [4.78, 5) is 7.44. The summed E-state index contributed by atoms with van der Waals surface area (Å²) in [5.41, 5.74) is 0. The summed E-state index contributed by atoms with van der Waals surface area (Å²) in [5, 5.41) is 0.212. The van der Waals surface area contributed by atoms with Crippen LogP contribution in [0.2, 0.25) is 10.3 Å². The molecule has 0 spiro atoms. The first-order valence-corrected chi connectivity index (χ1v) is 5.02. The van der Waals surface area contributed by atoms with Gasteiger partial charge in [0.25, 0.3) is 0 Å². The first kappa shape index (κ1) is 11.1. The SMILES string of the molecule is Fc1cccc(Oc2nc(Cl)ncc2Cl)c1. The van der Waals surface area contributed by atoms with Crippen molar-refractivity contribution in [2.24, 2.45) is 0 Å². The summed E-state index contributed by atoms with van der Waals surface area (Å²) < 4.78 is 18.1. The van der Waals surface area contributed by atoms with Crippen molar-refractivity contribution in [1.29, 1.82) is 0 Å². The molecule has 0 fully saturated rings. The molecule has 0 radical (unpaired) electrons. The van der Waals surface area contributed by atoms with Gasteiger partial charge >= 0.3 is 0 Å². The van der Waals surface area contributed by atoms with E-state index in [4.69, 9.17) is 27.9 Å². The Hall–Kier alpha value is -1.39. The Morgan fingerprint density at radius 2 is 2.06 bits per heavy atom.